The highest BCUT2D eigenvalue weighted by Gasteiger charge is 2.23. The number of urea groups is 1. The molecule has 154 valence electrons. The smallest absolute Gasteiger partial charge is 0.344 e. The Hall–Kier alpha value is -4.14. The molecule has 3 aromatic rings. The molecule has 0 aliphatic heterocycles. The van der Waals surface area contributed by atoms with Gasteiger partial charge in [-0.3, -0.25) is 10.1 Å². The van der Waals surface area contributed by atoms with Crippen LogP contribution in [-0.4, -0.2) is 36.8 Å². The first-order valence-electron chi connectivity index (χ1n) is 8.91. The lowest BCUT2D eigenvalue weighted by molar-refractivity contribution is -0.123. The lowest BCUT2D eigenvalue weighted by Crippen LogP contribution is -2.37. The molecule has 9 heteroatoms. The van der Waals surface area contributed by atoms with Gasteiger partial charge in [0.1, 0.15) is 22.8 Å². The van der Waals surface area contributed by atoms with Crippen molar-refractivity contribution in [3.05, 3.63) is 65.9 Å². The Balaban J connectivity index is 1.55. The van der Waals surface area contributed by atoms with E-state index in [0.717, 1.165) is 0 Å². The molecule has 30 heavy (non-hydrogen) atoms. The largest absolute Gasteiger partial charge is 0.497 e. The molecule has 0 aliphatic rings. The van der Waals surface area contributed by atoms with Crippen LogP contribution in [-0.2, 0) is 9.53 Å². The summed E-state index contributed by atoms with van der Waals surface area (Å²) in [6.07, 6.45) is 0. The van der Waals surface area contributed by atoms with Crippen molar-refractivity contribution in [2.24, 2.45) is 0 Å². The second-order valence-corrected chi connectivity index (χ2v) is 6.14. The van der Waals surface area contributed by atoms with Gasteiger partial charge in [-0.15, -0.1) is 0 Å². The molecule has 3 amide bonds. The number of esters is 1. The monoisotopic (exact) mass is 409 g/mol. The van der Waals surface area contributed by atoms with Gasteiger partial charge in [0, 0.05) is 11.3 Å². The van der Waals surface area contributed by atoms with Gasteiger partial charge in [0.05, 0.1) is 7.11 Å². The van der Waals surface area contributed by atoms with Crippen molar-refractivity contribution >= 4 is 23.6 Å². The van der Waals surface area contributed by atoms with E-state index < -0.39 is 24.5 Å². The first-order chi connectivity index (χ1) is 14.5. The highest BCUT2D eigenvalue weighted by Crippen LogP contribution is 2.25. The maximum absolute atomic E-state index is 12.4. The Kier molecular flexibility index (Phi) is 6.43. The number of methoxy groups -OCH3 is 1. The molecule has 0 unspecified atom stereocenters. The minimum absolute atomic E-state index is 0.122. The van der Waals surface area contributed by atoms with E-state index in [1.807, 2.05) is 6.07 Å². The standard InChI is InChI=1S/C21H19N3O6/c1-13-18(19(24-30-13)14-6-4-3-5-7-14)20(26)29-12-17(25)23-21(27)22-15-8-10-16(28-2)11-9-15/h3-11H,12H2,1-2H3,(H2,22,23,25,27). The zero-order valence-corrected chi connectivity index (χ0v) is 16.3. The summed E-state index contributed by atoms with van der Waals surface area (Å²) in [5.74, 6) is -0.678. The molecule has 1 aromatic heterocycles. The van der Waals surface area contributed by atoms with Crippen molar-refractivity contribution < 1.29 is 28.4 Å². The molecule has 1 heterocycles. The number of rotatable bonds is 6. The average Bonchev–Trinajstić information content (AvgIpc) is 3.14. The predicted octanol–water partition coefficient (Wildman–Crippen LogP) is 3.16. The molecule has 3 rings (SSSR count). The third kappa shape index (κ3) is 5.02. The van der Waals surface area contributed by atoms with E-state index >= 15 is 0 Å². The summed E-state index contributed by atoms with van der Waals surface area (Å²) in [6, 6.07) is 14.7. The number of anilines is 1. The first kappa shape index (κ1) is 20.6. The fourth-order valence-corrected chi connectivity index (χ4v) is 2.61. The van der Waals surface area contributed by atoms with Crippen LogP contribution >= 0.6 is 0 Å². The molecule has 0 saturated carbocycles. The van der Waals surface area contributed by atoms with E-state index in [2.05, 4.69) is 15.8 Å². The summed E-state index contributed by atoms with van der Waals surface area (Å²) in [4.78, 5) is 36.3. The van der Waals surface area contributed by atoms with Gasteiger partial charge < -0.3 is 19.3 Å². The molecule has 0 aliphatic carbocycles. The van der Waals surface area contributed by atoms with Gasteiger partial charge in [0.2, 0.25) is 0 Å². The number of carbonyl (C=O) groups is 3. The fraction of sp³-hybridized carbons (Fsp3) is 0.143. The normalized spacial score (nSPS) is 10.2. The summed E-state index contributed by atoms with van der Waals surface area (Å²) in [5.41, 5.74) is 1.57. The minimum atomic E-state index is -0.787. The maximum Gasteiger partial charge on any atom is 0.344 e. The Labute approximate surface area is 172 Å². The van der Waals surface area contributed by atoms with E-state index in [-0.39, 0.29) is 11.3 Å². The van der Waals surface area contributed by atoms with Crippen LogP contribution in [0.3, 0.4) is 0 Å². The number of aryl methyl sites for hydroxylation is 1. The van der Waals surface area contributed by atoms with E-state index in [1.165, 1.54) is 7.11 Å². The van der Waals surface area contributed by atoms with Crippen LogP contribution in [0, 0.1) is 6.92 Å². The van der Waals surface area contributed by atoms with Crippen LogP contribution in [0.5, 0.6) is 5.75 Å². The second-order valence-electron chi connectivity index (χ2n) is 6.14. The number of nitrogens with zero attached hydrogens (tertiary/aromatic N) is 1. The quantitative estimate of drug-likeness (QED) is 0.600. The van der Waals surface area contributed by atoms with Crippen LogP contribution in [0.4, 0.5) is 10.5 Å². The van der Waals surface area contributed by atoms with Gasteiger partial charge in [0.25, 0.3) is 5.91 Å². The number of hydrogen-bond acceptors (Lipinski definition) is 7. The molecular formula is C21H19N3O6. The van der Waals surface area contributed by atoms with E-state index in [4.69, 9.17) is 14.0 Å². The molecule has 2 N–H and O–H groups in total. The predicted molar refractivity (Wildman–Crippen MR) is 107 cm³/mol. The van der Waals surface area contributed by atoms with Crippen molar-refractivity contribution in [2.45, 2.75) is 6.92 Å². The molecule has 0 saturated heterocycles. The second kappa shape index (κ2) is 9.37. The van der Waals surface area contributed by atoms with Gasteiger partial charge in [0.15, 0.2) is 6.61 Å². The number of carbonyl (C=O) groups excluding carboxylic acids is 3. The first-order valence-corrected chi connectivity index (χ1v) is 8.91. The van der Waals surface area contributed by atoms with Crippen LogP contribution in [0.2, 0.25) is 0 Å². The van der Waals surface area contributed by atoms with Crippen LogP contribution in [0.1, 0.15) is 16.1 Å². The Bertz CT molecular complexity index is 1040. The fourth-order valence-electron chi connectivity index (χ4n) is 2.61. The van der Waals surface area contributed by atoms with E-state index in [9.17, 15) is 14.4 Å². The highest BCUT2D eigenvalue weighted by molar-refractivity contribution is 6.03. The van der Waals surface area contributed by atoms with Gasteiger partial charge in [-0.25, -0.2) is 9.59 Å². The van der Waals surface area contributed by atoms with Gasteiger partial charge in [-0.05, 0) is 31.2 Å². The summed E-state index contributed by atoms with van der Waals surface area (Å²) < 4.78 is 15.2. The lowest BCUT2D eigenvalue weighted by Gasteiger charge is -2.08. The van der Waals surface area contributed by atoms with Crippen molar-refractivity contribution in [1.29, 1.82) is 0 Å². The van der Waals surface area contributed by atoms with E-state index in [0.29, 0.717) is 22.7 Å². The van der Waals surface area contributed by atoms with Crippen molar-refractivity contribution in [1.82, 2.24) is 10.5 Å². The molecule has 2 aromatic carbocycles. The molecule has 0 spiro atoms. The summed E-state index contributed by atoms with van der Waals surface area (Å²) in [5, 5.41) is 8.46. The molecule has 0 atom stereocenters. The molecule has 0 radical (unpaired) electrons. The van der Waals surface area contributed by atoms with E-state index in [1.54, 1.807) is 55.5 Å². The number of imide groups is 1. The van der Waals surface area contributed by atoms with Crippen LogP contribution in [0.25, 0.3) is 11.3 Å². The third-order valence-corrected chi connectivity index (χ3v) is 4.05. The van der Waals surface area contributed by atoms with Crippen molar-refractivity contribution in [2.75, 3.05) is 19.0 Å². The highest BCUT2D eigenvalue weighted by atomic mass is 16.5. The number of aromatic nitrogens is 1. The Morgan fingerprint density at radius 3 is 2.40 bits per heavy atom. The summed E-state index contributed by atoms with van der Waals surface area (Å²) in [7, 11) is 1.53. The number of ether oxygens (including phenoxy) is 2. The maximum atomic E-state index is 12.4. The molecule has 0 bridgehead atoms. The molecule has 9 nitrogen and oxygen atoms in total. The van der Waals surface area contributed by atoms with Gasteiger partial charge >= 0.3 is 12.0 Å². The number of amides is 3. The average molecular weight is 409 g/mol. The Morgan fingerprint density at radius 2 is 1.73 bits per heavy atom. The van der Waals surface area contributed by atoms with Crippen molar-refractivity contribution in [3.8, 4) is 17.0 Å². The van der Waals surface area contributed by atoms with Crippen molar-refractivity contribution in [3.63, 3.8) is 0 Å². The van der Waals surface area contributed by atoms with Gasteiger partial charge in [-0.2, -0.15) is 0 Å². The molecule has 0 fully saturated rings. The lowest BCUT2D eigenvalue weighted by atomic mass is 10.1. The topological polar surface area (TPSA) is 120 Å². The Morgan fingerprint density at radius 1 is 1.03 bits per heavy atom. The molecular weight excluding hydrogens is 390 g/mol. The SMILES string of the molecule is COc1ccc(NC(=O)NC(=O)COC(=O)c2c(-c3ccccc3)noc2C)cc1. The third-order valence-electron chi connectivity index (χ3n) is 4.05. The summed E-state index contributed by atoms with van der Waals surface area (Å²) in [6.45, 7) is 0.923. The van der Waals surface area contributed by atoms with Crippen LogP contribution in [0.15, 0.2) is 59.1 Å². The van der Waals surface area contributed by atoms with Crippen LogP contribution < -0.4 is 15.4 Å². The number of hydrogen-bond donors (Lipinski definition) is 2. The van der Waals surface area contributed by atoms with Gasteiger partial charge in [-0.1, -0.05) is 35.5 Å². The number of nitrogens with one attached hydrogen (secondary N) is 2. The number of benzene rings is 2. The minimum Gasteiger partial charge on any atom is -0.497 e. The summed E-state index contributed by atoms with van der Waals surface area (Å²) >= 11 is 0. The zero-order chi connectivity index (χ0) is 21.5. The zero-order valence-electron chi connectivity index (χ0n) is 16.3.